The van der Waals surface area contributed by atoms with E-state index in [4.69, 9.17) is 4.74 Å². The number of aromatic nitrogens is 1. The number of esters is 1. The van der Waals surface area contributed by atoms with Crippen molar-refractivity contribution in [3.05, 3.63) is 58.8 Å². The lowest BCUT2D eigenvalue weighted by Crippen LogP contribution is -2.30. The Morgan fingerprint density at radius 2 is 2.00 bits per heavy atom. The molecule has 108 valence electrons. The third kappa shape index (κ3) is 4.13. The van der Waals surface area contributed by atoms with Crippen LogP contribution in [0.1, 0.15) is 17.3 Å². The van der Waals surface area contributed by atoms with E-state index >= 15 is 0 Å². The van der Waals surface area contributed by atoms with Crippen LogP contribution in [0.2, 0.25) is 0 Å². The van der Waals surface area contributed by atoms with Crippen LogP contribution in [0.3, 0.4) is 0 Å². The van der Waals surface area contributed by atoms with Crippen LogP contribution in [0, 0.1) is 0 Å². The molecule has 1 atom stereocenters. The van der Waals surface area contributed by atoms with Gasteiger partial charge in [-0.2, -0.15) is 0 Å². The fraction of sp³-hybridized carbons (Fsp3) is 0.133. The number of pyridine rings is 1. The molecule has 5 nitrogen and oxygen atoms in total. The second-order valence-corrected chi connectivity index (χ2v) is 5.11. The minimum Gasteiger partial charge on any atom is -0.449 e. The van der Waals surface area contributed by atoms with Crippen LogP contribution >= 0.6 is 15.9 Å². The highest BCUT2D eigenvalue weighted by atomic mass is 79.9. The fourth-order valence-electron chi connectivity index (χ4n) is 1.56. The normalized spacial score (nSPS) is 11.5. The van der Waals surface area contributed by atoms with Crippen LogP contribution in [0.25, 0.3) is 0 Å². The summed E-state index contributed by atoms with van der Waals surface area (Å²) in [6, 6.07) is 10.4. The van der Waals surface area contributed by atoms with Crippen LogP contribution in [0.15, 0.2) is 53.3 Å². The Bertz CT molecular complexity index is 646. The number of halogens is 1. The average molecular weight is 349 g/mol. The Morgan fingerprint density at radius 1 is 1.24 bits per heavy atom. The smallest absolute Gasteiger partial charge is 0.340 e. The van der Waals surface area contributed by atoms with E-state index in [0.29, 0.717) is 11.3 Å². The first-order valence-corrected chi connectivity index (χ1v) is 7.03. The van der Waals surface area contributed by atoms with E-state index < -0.39 is 18.0 Å². The van der Waals surface area contributed by atoms with E-state index in [2.05, 4.69) is 26.2 Å². The molecule has 1 aromatic carbocycles. The third-order valence-electron chi connectivity index (χ3n) is 2.68. The van der Waals surface area contributed by atoms with Crippen LogP contribution in [-0.2, 0) is 9.53 Å². The standard InChI is InChI=1S/C15H13BrN2O3/c1-10(21-15(20)11-5-4-8-17-9-11)14(19)18-13-7-3-2-6-12(13)16/h2-10H,1H3,(H,18,19). The first kappa shape index (κ1) is 15.2. The van der Waals surface area contributed by atoms with Gasteiger partial charge in [-0.25, -0.2) is 4.79 Å². The van der Waals surface area contributed by atoms with Gasteiger partial charge in [-0.3, -0.25) is 9.78 Å². The molecule has 0 spiro atoms. The molecule has 0 bridgehead atoms. The quantitative estimate of drug-likeness (QED) is 0.862. The highest BCUT2D eigenvalue weighted by molar-refractivity contribution is 9.10. The van der Waals surface area contributed by atoms with Crippen molar-refractivity contribution in [3.63, 3.8) is 0 Å². The second-order valence-electron chi connectivity index (χ2n) is 4.26. The van der Waals surface area contributed by atoms with Crippen molar-refractivity contribution in [2.24, 2.45) is 0 Å². The topological polar surface area (TPSA) is 68.3 Å². The summed E-state index contributed by atoms with van der Waals surface area (Å²) in [5.41, 5.74) is 0.921. The molecule has 6 heteroatoms. The van der Waals surface area contributed by atoms with Gasteiger partial charge in [0.2, 0.25) is 0 Å². The molecular formula is C15H13BrN2O3. The number of anilines is 1. The first-order valence-electron chi connectivity index (χ1n) is 6.24. The van der Waals surface area contributed by atoms with E-state index in [9.17, 15) is 9.59 Å². The summed E-state index contributed by atoms with van der Waals surface area (Å²) in [5, 5.41) is 2.69. The Labute approximate surface area is 130 Å². The molecular weight excluding hydrogens is 336 g/mol. The van der Waals surface area contributed by atoms with E-state index in [1.165, 1.54) is 13.1 Å². The zero-order valence-electron chi connectivity index (χ0n) is 11.2. The lowest BCUT2D eigenvalue weighted by atomic mass is 10.3. The molecule has 0 radical (unpaired) electrons. The number of hydrogen-bond acceptors (Lipinski definition) is 4. The van der Waals surface area contributed by atoms with Gasteiger partial charge >= 0.3 is 5.97 Å². The summed E-state index contributed by atoms with van der Waals surface area (Å²) in [4.78, 5) is 27.7. The molecule has 2 rings (SSSR count). The summed E-state index contributed by atoms with van der Waals surface area (Å²) in [6.45, 7) is 1.51. The molecule has 1 unspecified atom stereocenters. The van der Waals surface area contributed by atoms with E-state index in [0.717, 1.165) is 4.47 Å². The van der Waals surface area contributed by atoms with Gasteiger partial charge in [0.15, 0.2) is 6.10 Å². The number of rotatable bonds is 4. The van der Waals surface area contributed by atoms with Gasteiger partial charge in [0, 0.05) is 16.9 Å². The van der Waals surface area contributed by atoms with Crippen molar-refractivity contribution in [2.75, 3.05) is 5.32 Å². The molecule has 1 aromatic heterocycles. The Hall–Kier alpha value is -2.21. The van der Waals surface area contributed by atoms with Crippen molar-refractivity contribution in [1.29, 1.82) is 0 Å². The molecule has 0 fully saturated rings. The number of ether oxygens (including phenoxy) is 1. The van der Waals surface area contributed by atoms with E-state index in [1.807, 2.05) is 12.1 Å². The molecule has 1 N–H and O–H groups in total. The number of hydrogen-bond donors (Lipinski definition) is 1. The summed E-state index contributed by atoms with van der Waals surface area (Å²) in [6.07, 6.45) is 2.03. The first-order chi connectivity index (χ1) is 10.1. The van der Waals surface area contributed by atoms with Crippen molar-refractivity contribution in [2.45, 2.75) is 13.0 Å². The maximum atomic E-state index is 12.0. The van der Waals surface area contributed by atoms with Gasteiger partial charge in [0.25, 0.3) is 5.91 Å². The summed E-state index contributed by atoms with van der Waals surface area (Å²) < 4.78 is 5.86. The molecule has 0 saturated heterocycles. The average Bonchev–Trinajstić information content (AvgIpc) is 2.50. The van der Waals surface area contributed by atoms with Gasteiger partial charge in [0.1, 0.15) is 0 Å². The maximum absolute atomic E-state index is 12.0. The van der Waals surface area contributed by atoms with Crippen molar-refractivity contribution in [1.82, 2.24) is 4.98 Å². The summed E-state index contributed by atoms with van der Waals surface area (Å²) in [7, 11) is 0. The highest BCUT2D eigenvalue weighted by Gasteiger charge is 2.19. The number of amides is 1. The number of benzene rings is 1. The Balaban J connectivity index is 1.97. The predicted molar refractivity (Wildman–Crippen MR) is 81.9 cm³/mol. The Kier molecular flexibility index (Phi) is 5.05. The number of nitrogens with zero attached hydrogens (tertiary/aromatic N) is 1. The SMILES string of the molecule is CC(OC(=O)c1cccnc1)C(=O)Nc1ccccc1Br. The molecule has 21 heavy (non-hydrogen) atoms. The molecule has 1 amide bonds. The molecule has 0 aliphatic carbocycles. The van der Waals surface area contributed by atoms with Crippen molar-refractivity contribution >= 4 is 33.5 Å². The van der Waals surface area contributed by atoms with E-state index in [1.54, 1.807) is 30.5 Å². The zero-order valence-corrected chi connectivity index (χ0v) is 12.8. The monoisotopic (exact) mass is 348 g/mol. The molecule has 0 aliphatic rings. The molecule has 1 heterocycles. The van der Waals surface area contributed by atoms with Gasteiger partial charge in [-0.1, -0.05) is 12.1 Å². The molecule has 0 aliphatic heterocycles. The lowest BCUT2D eigenvalue weighted by Gasteiger charge is -2.14. The third-order valence-corrected chi connectivity index (χ3v) is 3.37. The fourth-order valence-corrected chi connectivity index (χ4v) is 1.95. The number of carbonyl (C=O) groups is 2. The van der Waals surface area contributed by atoms with Gasteiger partial charge < -0.3 is 10.1 Å². The minimum absolute atomic E-state index is 0.304. The molecule has 2 aromatic rings. The van der Waals surface area contributed by atoms with Gasteiger partial charge in [0.05, 0.1) is 11.3 Å². The van der Waals surface area contributed by atoms with Crippen LogP contribution in [0.5, 0.6) is 0 Å². The van der Waals surface area contributed by atoms with Crippen LogP contribution in [-0.4, -0.2) is 23.0 Å². The van der Waals surface area contributed by atoms with Gasteiger partial charge in [-0.05, 0) is 47.1 Å². The second kappa shape index (κ2) is 6.99. The number of para-hydroxylation sites is 1. The predicted octanol–water partition coefficient (Wildman–Crippen LogP) is 3.03. The minimum atomic E-state index is -0.912. The largest absolute Gasteiger partial charge is 0.449 e. The van der Waals surface area contributed by atoms with Gasteiger partial charge in [-0.15, -0.1) is 0 Å². The number of carbonyl (C=O) groups excluding carboxylic acids is 2. The molecule has 0 saturated carbocycles. The summed E-state index contributed by atoms with van der Waals surface area (Å²) >= 11 is 3.33. The van der Waals surface area contributed by atoms with Crippen molar-refractivity contribution in [3.8, 4) is 0 Å². The Morgan fingerprint density at radius 3 is 2.67 bits per heavy atom. The van der Waals surface area contributed by atoms with Crippen LogP contribution < -0.4 is 5.32 Å². The van der Waals surface area contributed by atoms with Crippen LogP contribution in [0.4, 0.5) is 5.69 Å². The van der Waals surface area contributed by atoms with Crippen molar-refractivity contribution < 1.29 is 14.3 Å². The zero-order chi connectivity index (χ0) is 15.2. The summed E-state index contributed by atoms with van der Waals surface area (Å²) in [5.74, 6) is -0.989. The maximum Gasteiger partial charge on any atom is 0.340 e. The number of nitrogens with one attached hydrogen (secondary N) is 1. The lowest BCUT2D eigenvalue weighted by molar-refractivity contribution is -0.123. The van der Waals surface area contributed by atoms with E-state index in [-0.39, 0.29) is 0 Å². The highest BCUT2D eigenvalue weighted by Crippen LogP contribution is 2.21.